The smallest absolute Gasteiger partial charge is 0.408 e. The van der Waals surface area contributed by atoms with E-state index in [1.54, 1.807) is 47.6 Å². The van der Waals surface area contributed by atoms with E-state index in [-0.39, 0.29) is 36.6 Å². The summed E-state index contributed by atoms with van der Waals surface area (Å²) < 4.78 is 10.6. The molecule has 45 heavy (non-hydrogen) atoms. The molecule has 0 aromatic carbocycles. The first-order valence-corrected chi connectivity index (χ1v) is 15.7. The van der Waals surface area contributed by atoms with Crippen LogP contribution in [0.25, 0.3) is 0 Å². The molecule has 0 aromatic heterocycles. The molecule has 2 fully saturated rings. The highest BCUT2D eigenvalue weighted by atomic mass is 16.6. The third-order valence-electron chi connectivity index (χ3n) is 8.09. The van der Waals surface area contributed by atoms with Crippen LogP contribution in [0, 0.1) is 22.7 Å². The Morgan fingerprint density at radius 2 is 1.51 bits per heavy atom. The van der Waals surface area contributed by atoms with Crippen molar-refractivity contribution in [2.75, 3.05) is 13.1 Å². The molecule has 2 rings (SSSR count). The number of hydrogen-bond donors (Lipinski definition) is 3. The molecule has 4 amide bonds. The van der Waals surface area contributed by atoms with E-state index >= 15 is 0 Å². The molecule has 3 N–H and O–H groups in total. The van der Waals surface area contributed by atoms with Gasteiger partial charge in [0, 0.05) is 13.1 Å². The Balaban J connectivity index is 2.23. The predicted octanol–water partition coefficient (Wildman–Crippen LogP) is 3.28. The van der Waals surface area contributed by atoms with Crippen LogP contribution in [0.4, 0.5) is 4.79 Å². The summed E-state index contributed by atoms with van der Waals surface area (Å²) in [5.74, 6) is -3.41. The minimum absolute atomic E-state index is 0.0535. The van der Waals surface area contributed by atoms with E-state index < -0.39 is 70.3 Å². The number of likely N-dealkylation sites (tertiary alicyclic amines) is 1. The molecule has 12 heteroatoms. The number of esters is 1. The fourth-order valence-corrected chi connectivity index (χ4v) is 5.78. The Morgan fingerprint density at radius 1 is 0.933 bits per heavy atom. The Hall–Kier alpha value is -3.44. The van der Waals surface area contributed by atoms with Crippen LogP contribution in [0.2, 0.25) is 0 Å². The minimum Gasteiger partial charge on any atom is -0.460 e. The molecule has 0 aromatic rings. The van der Waals surface area contributed by atoms with Gasteiger partial charge in [-0.1, -0.05) is 40.7 Å². The van der Waals surface area contributed by atoms with Gasteiger partial charge in [0.25, 0.3) is 5.91 Å². The van der Waals surface area contributed by atoms with Crippen LogP contribution in [0.5, 0.6) is 0 Å². The van der Waals surface area contributed by atoms with Gasteiger partial charge >= 0.3 is 12.1 Å². The predicted molar refractivity (Wildman–Crippen MR) is 169 cm³/mol. The van der Waals surface area contributed by atoms with Gasteiger partial charge < -0.3 is 30.3 Å². The van der Waals surface area contributed by atoms with Gasteiger partial charge in [0.05, 0.1) is 12.5 Å². The Labute approximate surface area is 267 Å². The molecule has 0 spiro atoms. The zero-order chi connectivity index (χ0) is 34.7. The first-order chi connectivity index (χ1) is 20.4. The number of rotatable bonds is 12. The monoisotopic (exact) mass is 634 g/mol. The minimum atomic E-state index is -1.17. The summed E-state index contributed by atoms with van der Waals surface area (Å²) in [6.07, 6.45) is 1.18. The lowest BCUT2D eigenvalue weighted by Crippen LogP contribution is -2.60. The number of hydrogen-bond acceptors (Lipinski definition) is 8. The van der Waals surface area contributed by atoms with Crippen LogP contribution in [-0.2, 0) is 33.4 Å². The molecule has 12 nitrogen and oxygen atoms in total. The highest BCUT2D eigenvalue weighted by molar-refractivity contribution is 6.38. The van der Waals surface area contributed by atoms with E-state index in [0.717, 1.165) is 0 Å². The topological polar surface area (TPSA) is 160 Å². The first-order valence-electron chi connectivity index (χ1n) is 15.7. The van der Waals surface area contributed by atoms with Crippen LogP contribution in [0.15, 0.2) is 12.7 Å². The van der Waals surface area contributed by atoms with E-state index in [2.05, 4.69) is 22.5 Å². The van der Waals surface area contributed by atoms with Crippen molar-refractivity contribution in [1.82, 2.24) is 20.9 Å². The molecule has 2 aliphatic rings. The van der Waals surface area contributed by atoms with Gasteiger partial charge in [-0.15, -0.1) is 6.58 Å². The average Bonchev–Trinajstić information content (AvgIpc) is 3.19. The van der Waals surface area contributed by atoms with Crippen LogP contribution >= 0.6 is 0 Å². The molecule has 1 heterocycles. The molecule has 1 aliphatic carbocycles. The number of alkyl carbamates (subject to hydrolysis) is 1. The number of carbonyl (C=O) groups excluding carboxylic acids is 6. The second-order valence-electron chi connectivity index (χ2n) is 15.7. The number of carbonyl (C=O) groups is 6. The zero-order valence-corrected chi connectivity index (χ0v) is 28.9. The number of allylic oxidation sites excluding steroid dienone is 1. The maximum Gasteiger partial charge on any atom is 0.408 e. The van der Waals surface area contributed by atoms with Crippen LogP contribution < -0.4 is 16.0 Å². The van der Waals surface area contributed by atoms with Crippen molar-refractivity contribution in [2.45, 2.75) is 125 Å². The second-order valence-corrected chi connectivity index (χ2v) is 15.7. The van der Waals surface area contributed by atoms with Gasteiger partial charge in [-0.05, 0) is 77.0 Å². The van der Waals surface area contributed by atoms with Gasteiger partial charge in [0.15, 0.2) is 0 Å². The van der Waals surface area contributed by atoms with Crippen LogP contribution in [-0.4, -0.2) is 82.9 Å². The molecule has 1 saturated carbocycles. The van der Waals surface area contributed by atoms with Crippen molar-refractivity contribution in [3.8, 4) is 0 Å². The van der Waals surface area contributed by atoms with Gasteiger partial charge in [-0.3, -0.25) is 24.0 Å². The Bertz CT molecular complexity index is 1170. The van der Waals surface area contributed by atoms with Gasteiger partial charge in [-0.2, -0.15) is 0 Å². The van der Waals surface area contributed by atoms with Crippen LogP contribution in [0.1, 0.15) is 95.4 Å². The van der Waals surface area contributed by atoms with Crippen molar-refractivity contribution >= 4 is 35.6 Å². The molecule has 254 valence electrons. The SMILES string of the molecule is C=CCCC(NC(=O)[C@@H]1[C@H]2[C@H](CN1C(=O)[C@@H](NC(=O)OC(C)(C)C)C(C)(C)C)C2(C)C)C(=O)C(=O)NCCC(=O)OC(C)(C)C. The quantitative estimate of drug-likeness (QED) is 0.168. The fraction of sp³-hybridized carbons (Fsp3) is 0.758. The highest BCUT2D eigenvalue weighted by Crippen LogP contribution is 2.65. The highest BCUT2D eigenvalue weighted by Gasteiger charge is 2.70. The standard InChI is InChI=1S/C33H54N4O8/c1-13-14-15-20(24(39)27(41)34-17-16-21(38)44-31(5,6)7)35-26(40)23-22-19(33(22,11)12)18-37(23)28(42)25(30(2,3)4)36-29(43)45-32(8,9)10/h13,19-20,22-23,25H,1,14-18H2,2-12H3,(H,34,41)(H,35,40)(H,36,43)/t19-,20?,22+,23-,25+/m0/s1. The molecular formula is C33H54N4O8. The number of amides is 4. The number of piperidine rings is 1. The number of ketones is 1. The summed E-state index contributed by atoms with van der Waals surface area (Å²) in [7, 11) is 0. The Morgan fingerprint density at radius 3 is 2.02 bits per heavy atom. The largest absolute Gasteiger partial charge is 0.460 e. The maximum atomic E-state index is 14.0. The summed E-state index contributed by atoms with van der Waals surface area (Å²) in [5, 5.41) is 7.88. The molecule has 1 unspecified atom stereocenters. The lowest BCUT2D eigenvalue weighted by molar-refractivity contribution is -0.154. The maximum absolute atomic E-state index is 14.0. The third-order valence-corrected chi connectivity index (χ3v) is 8.09. The number of ether oxygens (including phenoxy) is 2. The molecule has 0 radical (unpaired) electrons. The van der Waals surface area contributed by atoms with E-state index in [9.17, 15) is 28.8 Å². The average molecular weight is 635 g/mol. The van der Waals surface area contributed by atoms with Crippen LogP contribution in [0.3, 0.4) is 0 Å². The lowest BCUT2D eigenvalue weighted by atomic mass is 9.85. The Kier molecular flexibility index (Phi) is 11.7. The number of Topliss-reactive ketones (excluding diaryl/α,β-unsaturated/α-hetero) is 1. The summed E-state index contributed by atoms with van der Waals surface area (Å²) in [6.45, 7) is 23.7. The summed E-state index contributed by atoms with van der Waals surface area (Å²) in [5.41, 5.74) is -2.38. The fourth-order valence-electron chi connectivity index (χ4n) is 5.78. The summed E-state index contributed by atoms with van der Waals surface area (Å²) >= 11 is 0. The van der Waals surface area contributed by atoms with E-state index in [4.69, 9.17) is 9.47 Å². The molecule has 1 aliphatic heterocycles. The number of fused-ring (bicyclic) bond motifs is 1. The van der Waals surface area contributed by atoms with Crippen molar-refractivity contribution in [3.05, 3.63) is 12.7 Å². The third kappa shape index (κ3) is 10.3. The molecule has 5 atom stereocenters. The van der Waals surface area contributed by atoms with E-state index in [0.29, 0.717) is 13.0 Å². The van der Waals surface area contributed by atoms with Gasteiger partial charge in [0.2, 0.25) is 17.6 Å². The normalized spacial score (nSPS) is 21.8. The van der Waals surface area contributed by atoms with Crippen molar-refractivity contribution in [2.24, 2.45) is 22.7 Å². The van der Waals surface area contributed by atoms with E-state index in [1.807, 2.05) is 34.6 Å². The zero-order valence-electron chi connectivity index (χ0n) is 28.9. The first kappa shape index (κ1) is 37.7. The van der Waals surface area contributed by atoms with Crippen molar-refractivity contribution in [3.63, 3.8) is 0 Å². The van der Waals surface area contributed by atoms with E-state index in [1.165, 1.54) is 4.90 Å². The lowest BCUT2D eigenvalue weighted by Gasteiger charge is -2.38. The number of nitrogens with one attached hydrogen (secondary N) is 3. The molecular weight excluding hydrogens is 580 g/mol. The second kappa shape index (κ2) is 13.9. The molecule has 1 saturated heterocycles. The van der Waals surface area contributed by atoms with Gasteiger partial charge in [0.1, 0.15) is 23.3 Å². The molecule has 0 bridgehead atoms. The summed E-state index contributed by atoms with van der Waals surface area (Å²) in [4.78, 5) is 80.1. The summed E-state index contributed by atoms with van der Waals surface area (Å²) in [6, 6.07) is -3.07. The van der Waals surface area contributed by atoms with Gasteiger partial charge in [-0.25, -0.2) is 4.79 Å². The van der Waals surface area contributed by atoms with Crippen molar-refractivity contribution < 1.29 is 38.2 Å². The number of nitrogens with zero attached hydrogens (tertiary/aromatic N) is 1. The van der Waals surface area contributed by atoms with Crippen molar-refractivity contribution in [1.29, 1.82) is 0 Å².